The predicted octanol–water partition coefficient (Wildman–Crippen LogP) is 1.20. The second kappa shape index (κ2) is 5.68. The van der Waals surface area contributed by atoms with Crippen LogP contribution in [-0.2, 0) is 6.54 Å². The fourth-order valence-electron chi connectivity index (χ4n) is 1.47. The molecule has 6 heteroatoms. The van der Waals surface area contributed by atoms with Crippen LogP contribution >= 0.6 is 0 Å². The van der Waals surface area contributed by atoms with E-state index in [4.69, 9.17) is 15.7 Å². The molecule has 18 heavy (non-hydrogen) atoms. The molecular formula is C12H13N5O. The smallest absolute Gasteiger partial charge is 0.252 e. The third-order valence-electron chi connectivity index (χ3n) is 2.29. The van der Waals surface area contributed by atoms with Crippen LogP contribution in [0.3, 0.4) is 0 Å². The van der Waals surface area contributed by atoms with Crippen molar-refractivity contribution in [1.29, 1.82) is 5.26 Å². The molecule has 0 atom stereocenters. The fourth-order valence-corrected chi connectivity index (χ4v) is 1.47. The number of ether oxygens (including phenoxy) is 1. The molecule has 0 amide bonds. The molecule has 0 aliphatic rings. The molecule has 1 aromatic carbocycles. The zero-order valence-electron chi connectivity index (χ0n) is 9.78. The van der Waals surface area contributed by atoms with Gasteiger partial charge in [-0.05, 0) is 12.1 Å². The van der Waals surface area contributed by atoms with Gasteiger partial charge in [0, 0.05) is 24.7 Å². The third kappa shape index (κ3) is 3.22. The maximum atomic E-state index is 8.57. The Labute approximate surface area is 105 Å². The van der Waals surface area contributed by atoms with Crippen molar-refractivity contribution in [3.05, 3.63) is 36.4 Å². The van der Waals surface area contributed by atoms with Gasteiger partial charge in [0.05, 0.1) is 6.61 Å². The highest BCUT2D eigenvalue weighted by molar-refractivity contribution is 5.43. The second-order valence-electron chi connectivity index (χ2n) is 3.72. The Balaban J connectivity index is 1.75. The van der Waals surface area contributed by atoms with Crippen molar-refractivity contribution < 1.29 is 4.74 Å². The van der Waals surface area contributed by atoms with Gasteiger partial charge in [0.15, 0.2) is 0 Å². The Hall–Kier alpha value is -2.55. The lowest BCUT2D eigenvalue weighted by Gasteiger charge is -2.06. The van der Waals surface area contributed by atoms with Crippen molar-refractivity contribution in [3.8, 4) is 11.8 Å². The van der Waals surface area contributed by atoms with Crippen LogP contribution in [0.1, 0.15) is 12.2 Å². The summed E-state index contributed by atoms with van der Waals surface area (Å²) in [7, 11) is 0. The van der Waals surface area contributed by atoms with Gasteiger partial charge < -0.3 is 10.5 Å². The number of nitrogen functional groups attached to an aromatic ring is 1. The number of nitrogens with zero attached hydrogens (tertiary/aromatic N) is 4. The zero-order chi connectivity index (χ0) is 12.8. The number of nitrogens with two attached hydrogens (primary N) is 1. The number of benzene rings is 1. The Bertz CT molecular complexity index is 558. The predicted molar refractivity (Wildman–Crippen MR) is 65.7 cm³/mol. The number of hydrogen-bond acceptors (Lipinski definition) is 5. The van der Waals surface area contributed by atoms with Crippen molar-refractivity contribution in [1.82, 2.24) is 14.8 Å². The van der Waals surface area contributed by atoms with E-state index in [9.17, 15) is 0 Å². The molecule has 1 aromatic heterocycles. The molecule has 0 aliphatic carbocycles. The van der Waals surface area contributed by atoms with Gasteiger partial charge in [0.25, 0.3) is 5.82 Å². The second-order valence-corrected chi connectivity index (χ2v) is 3.72. The quantitative estimate of drug-likeness (QED) is 0.629. The summed E-state index contributed by atoms with van der Waals surface area (Å²) < 4.78 is 7.16. The Kier molecular flexibility index (Phi) is 3.76. The summed E-state index contributed by atoms with van der Waals surface area (Å²) in [4.78, 5) is 3.82. The molecule has 0 radical (unpaired) electrons. The first-order valence-electron chi connectivity index (χ1n) is 5.56. The van der Waals surface area contributed by atoms with E-state index in [0.717, 1.165) is 12.2 Å². The summed E-state index contributed by atoms with van der Waals surface area (Å²) >= 11 is 0. The summed E-state index contributed by atoms with van der Waals surface area (Å²) in [5.74, 6) is 0.943. The third-order valence-corrected chi connectivity index (χ3v) is 2.29. The molecule has 92 valence electrons. The average molecular weight is 243 g/mol. The Morgan fingerprint density at radius 3 is 3.06 bits per heavy atom. The highest BCUT2D eigenvalue weighted by Gasteiger charge is 1.99. The number of hydrogen-bond donors (Lipinski definition) is 1. The molecule has 1 heterocycles. The van der Waals surface area contributed by atoms with Crippen LogP contribution < -0.4 is 10.5 Å². The van der Waals surface area contributed by atoms with Gasteiger partial charge in [-0.1, -0.05) is 6.07 Å². The molecule has 0 fully saturated rings. The van der Waals surface area contributed by atoms with Crippen LogP contribution in [0.2, 0.25) is 0 Å². The van der Waals surface area contributed by atoms with Gasteiger partial charge in [-0.25, -0.2) is 4.98 Å². The van der Waals surface area contributed by atoms with Gasteiger partial charge in [-0.2, -0.15) is 5.26 Å². The van der Waals surface area contributed by atoms with E-state index < -0.39 is 0 Å². The lowest BCUT2D eigenvalue weighted by atomic mass is 10.3. The van der Waals surface area contributed by atoms with Crippen LogP contribution in [0.15, 0.2) is 30.6 Å². The Morgan fingerprint density at radius 1 is 1.44 bits per heavy atom. The van der Waals surface area contributed by atoms with Crippen LogP contribution in [0, 0.1) is 11.3 Å². The van der Waals surface area contributed by atoms with Gasteiger partial charge >= 0.3 is 0 Å². The van der Waals surface area contributed by atoms with Gasteiger partial charge in [-0.15, -0.1) is 5.10 Å². The van der Waals surface area contributed by atoms with Gasteiger partial charge in [0.2, 0.25) is 0 Å². The minimum Gasteiger partial charge on any atom is -0.493 e. The lowest BCUT2D eigenvalue weighted by Crippen LogP contribution is -2.05. The summed E-state index contributed by atoms with van der Waals surface area (Å²) in [5.41, 5.74) is 6.32. The lowest BCUT2D eigenvalue weighted by molar-refractivity contribution is 0.298. The molecule has 2 N–H and O–H groups in total. The van der Waals surface area contributed by atoms with E-state index >= 15 is 0 Å². The molecule has 0 saturated heterocycles. The summed E-state index contributed by atoms with van der Waals surface area (Å²) in [6.07, 6.45) is 2.32. The van der Waals surface area contributed by atoms with Crippen LogP contribution in [0.25, 0.3) is 0 Å². The highest BCUT2D eigenvalue weighted by Crippen LogP contribution is 2.14. The fraction of sp³-hybridized carbons (Fsp3) is 0.250. The number of nitriles is 1. The van der Waals surface area contributed by atoms with Crippen molar-refractivity contribution in [3.63, 3.8) is 0 Å². The van der Waals surface area contributed by atoms with Crippen molar-refractivity contribution in [2.45, 2.75) is 13.0 Å². The van der Waals surface area contributed by atoms with Crippen LogP contribution in [0.5, 0.6) is 5.75 Å². The monoisotopic (exact) mass is 243 g/mol. The summed E-state index contributed by atoms with van der Waals surface area (Å²) in [6, 6.07) is 9.18. The first-order chi connectivity index (χ1) is 8.78. The van der Waals surface area contributed by atoms with E-state index in [2.05, 4.69) is 10.1 Å². The molecule has 0 bridgehead atoms. The first kappa shape index (κ1) is 11.9. The standard InChI is InChI=1S/C12H13N5O/c13-8-12-15-9-17(16-12)5-2-6-18-11-4-1-3-10(14)7-11/h1,3-4,7,9H,2,5-6,14H2. The minimum atomic E-state index is 0.187. The highest BCUT2D eigenvalue weighted by atomic mass is 16.5. The average Bonchev–Trinajstić information content (AvgIpc) is 2.83. The van der Waals surface area contributed by atoms with Gasteiger partial charge in [0.1, 0.15) is 18.1 Å². The molecular weight excluding hydrogens is 230 g/mol. The molecule has 0 saturated carbocycles. The molecule has 2 rings (SSSR count). The SMILES string of the molecule is N#Cc1ncn(CCCOc2cccc(N)c2)n1. The van der Waals surface area contributed by atoms with Crippen LogP contribution in [-0.4, -0.2) is 21.4 Å². The van der Waals surface area contributed by atoms with Crippen molar-refractivity contribution in [2.24, 2.45) is 0 Å². The van der Waals surface area contributed by atoms with E-state index in [-0.39, 0.29) is 5.82 Å². The van der Waals surface area contributed by atoms with E-state index in [0.29, 0.717) is 18.8 Å². The van der Waals surface area contributed by atoms with Crippen molar-refractivity contribution >= 4 is 5.69 Å². The molecule has 2 aromatic rings. The van der Waals surface area contributed by atoms with Gasteiger partial charge in [-0.3, -0.25) is 4.68 Å². The number of aromatic nitrogens is 3. The zero-order valence-corrected chi connectivity index (χ0v) is 9.78. The minimum absolute atomic E-state index is 0.187. The summed E-state index contributed by atoms with van der Waals surface area (Å²) in [5, 5.41) is 12.5. The largest absolute Gasteiger partial charge is 0.493 e. The first-order valence-corrected chi connectivity index (χ1v) is 5.56. The normalized spacial score (nSPS) is 9.94. The van der Waals surface area contributed by atoms with E-state index in [1.807, 2.05) is 24.3 Å². The molecule has 6 nitrogen and oxygen atoms in total. The topological polar surface area (TPSA) is 89.8 Å². The van der Waals surface area contributed by atoms with Crippen molar-refractivity contribution in [2.75, 3.05) is 12.3 Å². The maximum absolute atomic E-state index is 8.57. The molecule has 0 unspecified atom stereocenters. The summed E-state index contributed by atoms with van der Waals surface area (Å²) in [6.45, 7) is 1.22. The Morgan fingerprint density at radius 2 is 2.33 bits per heavy atom. The number of rotatable bonds is 5. The number of aryl methyl sites for hydroxylation is 1. The number of anilines is 1. The van der Waals surface area contributed by atoms with E-state index in [1.165, 1.54) is 0 Å². The maximum Gasteiger partial charge on any atom is 0.252 e. The molecule has 0 aliphatic heterocycles. The van der Waals surface area contributed by atoms with Crippen LogP contribution in [0.4, 0.5) is 5.69 Å². The van der Waals surface area contributed by atoms with E-state index in [1.54, 1.807) is 17.1 Å². The molecule has 0 spiro atoms.